The summed E-state index contributed by atoms with van der Waals surface area (Å²) in [6.07, 6.45) is 2.07. The van der Waals surface area contributed by atoms with E-state index < -0.39 is 15.3 Å². The number of nitrogens with two attached hydrogens (primary N) is 1. The van der Waals surface area contributed by atoms with Gasteiger partial charge in [-0.3, -0.25) is 4.79 Å². The fourth-order valence-corrected chi connectivity index (χ4v) is 3.45. The first kappa shape index (κ1) is 14.0. The second kappa shape index (κ2) is 4.81. The van der Waals surface area contributed by atoms with Gasteiger partial charge in [-0.15, -0.1) is 0 Å². The topological polar surface area (TPSA) is 98.3 Å². The smallest absolute Gasteiger partial charge is 0.253 e. The minimum Gasteiger partial charge on any atom is -0.337 e. The third kappa shape index (κ3) is 2.52. The van der Waals surface area contributed by atoms with E-state index in [9.17, 15) is 13.2 Å². The van der Waals surface area contributed by atoms with Crippen LogP contribution >= 0.6 is 0 Å². The molecule has 0 spiro atoms. The number of sulfonamides is 1. The molecular formula is C13H16N4O3S. The molecule has 7 nitrogen and oxygen atoms in total. The number of carbonyl (C=O) groups excluding carboxylic acids is 1. The van der Waals surface area contributed by atoms with Crippen LogP contribution < -0.4 is 5.14 Å². The summed E-state index contributed by atoms with van der Waals surface area (Å²) in [5.74, 6) is -0.186. The zero-order chi connectivity index (χ0) is 15.2. The highest BCUT2D eigenvalue weighted by atomic mass is 32.2. The fraction of sp³-hybridized carbons (Fsp3) is 0.385. The van der Waals surface area contributed by atoms with Crippen LogP contribution in [0.5, 0.6) is 0 Å². The lowest BCUT2D eigenvalue weighted by Gasteiger charge is -2.16. The molecule has 0 bridgehead atoms. The molecule has 112 valence electrons. The van der Waals surface area contributed by atoms with Crippen LogP contribution in [0.1, 0.15) is 16.8 Å². The summed E-state index contributed by atoms with van der Waals surface area (Å²) in [7, 11) is -1.71. The summed E-state index contributed by atoms with van der Waals surface area (Å²) in [4.78, 5) is 18.2. The van der Waals surface area contributed by atoms with Crippen molar-refractivity contribution in [1.82, 2.24) is 14.5 Å². The SMILES string of the molecule is Cn1cnc2cc(C(=O)N3CCC(S(N)(=O)=O)C3)ccc21. The summed E-state index contributed by atoms with van der Waals surface area (Å²) in [6, 6.07) is 5.29. The maximum absolute atomic E-state index is 12.4. The molecule has 1 unspecified atom stereocenters. The van der Waals surface area contributed by atoms with Gasteiger partial charge < -0.3 is 9.47 Å². The first-order chi connectivity index (χ1) is 9.86. The van der Waals surface area contributed by atoms with Gasteiger partial charge in [0.2, 0.25) is 10.0 Å². The van der Waals surface area contributed by atoms with Crippen molar-refractivity contribution in [2.75, 3.05) is 13.1 Å². The Balaban J connectivity index is 1.84. The van der Waals surface area contributed by atoms with Crippen LogP contribution in [-0.2, 0) is 17.1 Å². The standard InChI is InChI=1S/C13H16N4O3S/c1-16-8-15-11-6-9(2-3-12(11)16)13(18)17-5-4-10(7-17)21(14,19)20/h2-3,6,8,10H,4-5,7H2,1H3,(H2,14,19,20). The molecule has 1 aliphatic heterocycles. The zero-order valence-corrected chi connectivity index (χ0v) is 12.4. The third-order valence-electron chi connectivity index (χ3n) is 3.87. The van der Waals surface area contributed by atoms with Crippen LogP contribution in [0.15, 0.2) is 24.5 Å². The lowest BCUT2D eigenvalue weighted by Crippen LogP contribution is -2.34. The largest absolute Gasteiger partial charge is 0.337 e. The molecule has 3 rings (SSSR count). The second-order valence-corrected chi connectivity index (χ2v) is 7.15. The fourth-order valence-electron chi connectivity index (χ4n) is 2.63. The summed E-state index contributed by atoms with van der Waals surface area (Å²) in [5.41, 5.74) is 2.19. The zero-order valence-electron chi connectivity index (χ0n) is 11.6. The molecule has 1 aromatic carbocycles. The molecule has 0 saturated carbocycles. The van der Waals surface area contributed by atoms with Crippen molar-refractivity contribution < 1.29 is 13.2 Å². The highest BCUT2D eigenvalue weighted by Gasteiger charge is 2.33. The Morgan fingerprint density at radius 2 is 2.19 bits per heavy atom. The average molecular weight is 308 g/mol. The Morgan fingerprint density at radius 3 is 2.86 bits per heavy atom. The molecule has 2 aromatic rings. The van der Waals surface area contributed by atoms with E-state index in [2.05, 4.69) is 4.98 Å². The van der Waals surface area contributed by atoms with Crippen molar-refractivity contribution in [3.05, 3.63) is 30.1 Å². The molecule has 1 fully saturated rings. The van der Waals surface area contributed by atoms with Crippen LogP contribution in [0.3, 0.4) is 0 Å². The van der Waals surface area contributed by atoms with E-state index in [0.717, 1.165) is 11.0 Å². The molecule has 1 aliphatic rings. The number of likely N-dealkylation sites (tertiary alicyclic amines) is 1. The number of carbonyl (C=O) groups is 1. The predicted octanol–water partition coefficient (Wildman–Crippen LogP) is 0.0763. The Kier molecular flexibility index (Phi) is 3.22. The number of hydrogen-bond donors (Lipinski definition) is 1. The maximum Gasteiger partial charge on any atom is 0.253 e. The Morgan fingerprint density at radius 1 is 1.43 bits per heavy atom. The minimum absolute atomic E-state index is 0.151. The number of hydrogen-bond acceptors (Lipinski definition) is 4. The van der Waals surface area contributed by atoms with Crippen molar-refractivity contribution in [2.45, 2.75) is 11.7 Å². The van der Waals surface area contributed by atoms with Crippen molar-refractivity contribution in [2.24, 2.45) is 12.2 Å². The number of benzene rings is 1. The van der Waals surface area contributed by atoms with Gasteiger partial charge in [-0.2, -0.15) is 0 Å². The van der Waals surface area contributed by atoms with Crippen LogP contribution in [0.2, 0.25) is 0 Å². The molecule has 1 atom stereocenters. The molecule has 1 saturated heterocycles. The molecule has 2 heterocycles. The van der Waals surface area contributed by atoms with Gasteiger partial charge in [0.25, 0.3) is 5.91 Å². The summed E-state index contributed by atoms with van der Waals surface area (Å²) < 4.78 is 24.6. The predicted molar refractivity (Wildman–Crippen MR) is 78.1 cm³/mol. The van der Waals surface area contributed by atoms with Gasteiger partial charge in [-0.25, -0.2) is 18.5 Å². The molecule has 21 heavy (non-hydrogen) atoms. The van der Waals surface area contributed by atoms with E-state index in [-0.39, 0.29) is 12.5 Å². The number of amides is 1. The Hall–Kier alpha value is -1.93. The van der Waals surface area contributed by atoms with Crippen molar-refractivity contribution in [3.8, 4) is 0 Å². The van der Waals surface area contributed by atoms with E-state index >= 15 is 0 Å². The number of fused-ring (bicyclic) bond motifs is 1. The highest BCUT2D eigenvalue weighted by Crippen LogP contribution is 2.20. The maximum atomic E-state index is 12.4. The first-order valence-corrected chi connectivity index (χ1v) is 8.19. The van der Waals surface area contributed by atoms with Crippen molar-refractivity contribution in [1.29, 1.82) is 0 Å². The van der Waals surface area contributed by atoms with Crippen LogP contribution in [-0.4, -0.2) is 47.1 Å². The minimum atomic E-state index is -3.59. The summed E-state index contributed by atoms with van der Waals surface area (Å²) in [6.45, 7) is 0.554. The average Bonchev–Trinajstić information content (AvgIpc) is 3.05. The molecule has 0 radical (unpaired) electrons. The third-order valence-corrected chi connectivity index (χ3v) is 5.18. The van der Waals surface area contributed by atoms with E-state index in [1.807, 2.05) is 17.7 Å². The molecule has 8 heteroatoms. The highest BCUT2D eigenvalue weighted by molar-refractivity contribution is 7.89. The van der Waals surface area contributed by atoms with Gasteiger partial charge >= 0.3 is 0 Å². The van der Waals surface area contributed by atoms with Gasteiger partial charge in [0.05, 0.1) is 22.6 Å². The van der Waals surface area contributed by atoms with Gasteiger partial charge in [0, 0.05) is 25.7 Å². The van der Waals surface area contributed by atoms with E-state index in [1.54, 1.807) is 18.5 Å². The Labute approximate surface area is 122 Å². The quantitative estimate of drug-likeness (QED) is 0.849. The molecule has 1 aromatic heterocycles. The number of aromatic nitrogens is 2. The monoisotopic (exact) mass is 308 g/mol. The van der Waals surface area contributed by atoms with Crippen molar-refractivity contribution in [3.63, 3.8) is 0 Å². The number of imidazole rings is 1. The number of nitrogens with zero attached hydrogens (tertiary/aromatic N) is 3. The van der Waals surface area contributed by atoms with Gasteiger partial charge in [0.15, 0.2) is 0 Å². The lowest BCUT2D eigenvalue weighted by molar-refractivity contribution is 0.0793. The molecule has 0 aliphatic carbocycles. The van der Waals surface area contributed by atoms with Crippen molar-refractivity contribution >= 4 is 27.0 Å². The van der Waals surface area contributed by atoms with Crippen LogP contribution in [0, 0.1) is 0 Å². The second-order valence-electron chi connectivity index (χ2n) is 5.31. The van der Waals surface area contributed by atoms with E-state index in [4.69, 9.17) is 5.14 Å². The first-order valence-electron chi connectivity index (χ1n) is 6.58. The Bertz CT molecular complexity index is 812. The molecular weight excluding hydrogens is 292 g/mol. The van der Waals surface area contributed by atoms with E-state index in [1.165, 1.54) is 4.90 Å². The van der Waals surface area contributed by atoms with Gasteiger partial charge in [-0.05, 0) is 24.6 Å². The van der Waals surface area contributed by atoms with Gasteiger partial charge in [-0.1, -0.05) is 0 Å². The van der Waals surface area contributed by atoms with E-state index in [0.29, 0.717) is 18.5 Å². The number of primary sulfonamides is 1. The summed E-state index contributed by atoms with van der Waals surface area (Å²) in [5, 5.41) is 4.47. The summed E-state index contributed by atoms with van der Waals surface area (Å²) >= 11 is 0. The number of rotatable bonds is 2. The van der Waals surface area contributed by atoms with Crippen LogP contribution in [0.4, 0.5) is 0 Å². The van der Waals surface area contributed by atoms with Gasteiger partial charge in [0.1, 0.15) is 0 Å². The molecule has 2 N–H and O–H groups in total. The van der Waals surface area contributed by atoms with Crippen LogP contribution in [0.25, 0.3) is 11.0 Å². The molecule has 1 amide bonds. The number of aryl methyl sites for hydroxylation is 1. The lowest BCUT2D eigenvalue weighted by atomic mass is 10.2. The normalized spacial score (nSPS) is 19.3.